The van der Waals surface area contributed by atoms with Crippen molar-refractivity contribution in [3.05, 3.63) is 57.8 Å². The van der Waals surface area contributed by atoms with Gasteiger partial charge in [-0.15, -0.1) is 0 Å². The van der Waals surface area contributed by atoms with Gasteiger partial charge in [-0.05, 0) is 49.7 Å². The second-order valence-corrected chi connectivity index (χ2v) is 9.11. The Morgan fingerprint density at radius 3 is 2.62 bits per heavy atom. The maximum atomic E-state index is 13.1. The Balaban J connectivity index is 1.76. The monoisotopic (exact) mass is 413 g/mol. The number of sulfonamides is 1. The predicted octanol–water partition coefficient (Wildman–Crippen LogP) is 3.59. The number of nitrogens with zero attached hydrogens (tertiary/aromatic N) is 3. The zero-order valence-electron chi connectivity index (χ0n) is 14.5. The van der Waals surface area contributed by atoms with Crippen LogP contribution in [-0.2, 0) is 16.6 Å². The molecule has 1 aliphatic heterocycles. The van der Waals surface area contributed by atoms with Crippen LogP contribution in [0.4, 0.5) is 0 Å². The minimum Gasteiger partial charge on any atom is -0.296 e. The van der Waals surface area contributed by atoms with E-state index in [1.54, 1.807) is 19.2 Å². The first-order valence-electron chi connectivity index (χ1n) is 8.46. The molecule has 0 N–H and O–H groups in total. The summed E-state index contributed by atoms with van der Waals surface area (Å²) in [5.41, 5.74) is 1.55. The van der Waals surface area contributed by atoms with E-state index in [1.807, 2.05) is 18.2 Å². The fourth-order valence-electron chi connectivity index (χ4n) is 3.21. The van der Waals surface area contributed by atoms with Crippen LogP contribution in [0.3, 0.4) is 0 Å². The molecule has 26 heavy (non-hydrogen) atoms. The molecule has 3 rings (SSSR count). The van der Waals surface area contributed by atoms with Gasteiger partial charge in [0.2, 0.25) is 10.0 Å². The van der Waals surface area contributed by atoms with Crippen molar-refractivity contribution in [1.29, 1.82) is 0 Å². The molecule has 0 saturated carbocycles. The van der Waals surface area contributed by atoms with Gasteiger partial charge in [-0.3, -0.25) is 9.88 Å². The zero-order valence-corrected chi connectivity index (χ0v) is 16.9. The minimum absolute atomic E-state index is 0.154. The molecule has 140 valence electrons. The standard InChI is InChI=1S/C18H21Cl2N3O2S/c1-14-11-15(19)12-17(20)18(14)26(24,25)23-8-4-7-22(9-10-23)13-16-5-2-3-6-21-16/h2-3,5-6,11-12H,4,7-10,13H2,1H3. The van der Waals surface area contributed by atoms with Gasteiger partial charge >= 0.3 is 0 Å². The van der Waals surface area contributed by atoms with Crippen molar-refractivity contribution < 1.29 is 8.42 Å². The molecule has 0 spiro atoms. The van der Waals surface area contributed by atoms with Crippen molar-refractivity contribution in [2.45, 2.75) is 24.8 Å². The molecule has 1 aromatic heterocycles. The first-order valence-corrected chi connectivity index (χ1v) is 10.7. The van der Waals surface area contributed by atoms with Gasteiger partial charge in [0.1, 0.15) is 4.90 Å². The number of aromatic nitrogens is 1. The largest absolute Gasteiger partial charge is 0.296 e. The van der Waals surface area contributed by atoms with Crippen molar-refractivity contribution in [3.8, 4) is 0 Å². The van der Waals surface area contributed by atoms with Gasteiger partial charge in [-0.25, -0.2) is 8.42 Å². The summed E-state index contributed by atoms with van der Waals surface area (Å²) in [5, 5.41) is 0.605. The summed E-state index contributed by atoms with van der Waals surface area (Å²) in [4.78, 5) is 6.73. The molecule has 0 radical (unpaired) electrons. The third kappa shape index (κ3) is 4.38. The highest BCUT2D eigenvalue weighted by atomic mass is 35.5. The van der Waals surface area contributed by atoms with E-state index in [1.165, 1.54) is 10.4 Å². The third-order valence-electron chi connectivity index (χ3n) is 4.45. The van der Waals surface area contributed by atoms with Gasteiger partial charge in [0.25, 0.3) is 0 Å². The van der Waals surface area contributed by atoms with Crippen LogP contribution in [0, 0.1) is 6.92 Å². The van der Waals surface area contributed by atoms with Crippen molar-refractivity contribution in [1.82, 2.24) is 14.2 Å². The molecule has 8 heteroatoms. The summed E-state index contributed by atoms with van der Waals surface area (Å²) >= 11 is 12.2. The predicted molar refractivity (Wildman–Crippen MR) is 104 cm³/mol. The molecule has 0 bridgehead atoms. The molecule has 1 saturated heterocycles. The molecular formula is C18H21Cl2N3O2S. The van der Waals surface area contributed by atoms with Crippen LogP contribution >= 0.6 is 23.2 Å². The second kappa shape index (κ2) is 8.23. The summed E-state index contributed by atoms with van der Waals surface area (Å²) in [7, 11) is -3.66. The Labute approximate surface area is 164 Å². The Bertz CT molecular complexity index is 852. The Morgan fingerprint density at radius 1 is 1.12 bits per heavy atom. The first kappa shape index (κ1) is 19.6. The number of halogens is 2. The van der Waals surface area contributed by atoms with E-state index in [0.717, 1.165) is 25.2 Å². The lowest BCUT2D eigenvalue weighted by Crippen LogP contribution is -2.35. The molecule has 5 nitrogen and oxygen atoms in total. The number of pyridine rings is 1. The van der Waals surface area contributed by atoms with Crippen molar-refractivity contribution in [3.63, 3.8) is 0 Å². The van der Waals surface area contributed by atoms with Crippen LogP contribution in [0.5, 0.6) is 0 Å². The Kier molecular flexibility index (Phi) is 6.20. The number of hydrogen-bond acceptors (Lipinski definition) is 4. The quantitative estimate of drug-likeness (QED) is 0.768. The van der Waals surface area contributed by atoms with Crippen LogP contribution in [-0.4, -0.2) is 48.8 Å². The maximum Gasteiger partial charge on any atom is 0.244 e. The molecule has 2 heterocycles. The number of rotatable bonds is 4. The fraction of sp³-hybridized carbons (Fsp3) is 0.389. The lowest BCUT2D eigenvalue weighted by atomic mass is 10.2. The fourth-order valence-corrected chi connectivity index (χ4v) is 5.82. The average molecular weight is 414 g/mol. The summed E-state index contributed by atoms with van der Waals surface area (Å²) < 4.78 is 27.8. The van der Waals surface area contributed by atoms with Gasteiger partial charge in [0.15, 0.2) is 0 Å². The lowest BCUT2D eigenvalue weighted by Gasteiger charge is -2.23. The Hall–Kier alpha value is -1.18. The number of aryl methyl sites for hydroxylation is 1. The number of hydrogen-bond donors (Lipinski definition) is 0. The average Bonchev–Trinajstić information content (AvgIpc) is 2.80. The van der Waals surface area contributed by atoms with Crippen LogP contribution in [0.15, 0.2) is 41.4 Å². The highest BCUT2D eigenvalue weighted by molar-refractivity contribution is 7.89. The normalized spacial score (nSPS) is 17.2. The van der Waals surface area contributed by atoms with E-state index in [4.69, 9.17) is 23.2 Å². The summed E-state index contributed by atoms with van der Waals surface area (Å²) in [5.74, 6) is 0. The Morgan fingerprint density at radius 2 is 1.92 bits per heavy atom. The van der Waals surface area contributed by atoms with Crippen LogP contribution < -0.4 is 0 Å². The first-order chi connectivity index (χ1) is 12.4. The maximum absolute atomic E-state index is 13.1. The van der Waals surface area contributed by atoms with Gasteiger partial charge in [0.05, 0.1) is 10.7 Å². The SMILES string of the molecule is Cc1cc(Cl)cc(Cl)c1S(=O)(=O)N1CCCN(Cc2ccccn2)CC1. The van der Waals surface area contributed by atoms with Crippen molar-refractivity contribution in [2.75, 3.05) is 26.2 Å². The van der Waals surface area contributed by atoms with E-state index in [2.05, 4.69) is 9.88 Å². The highest BCUT2D eigenvalue weighted by Crippen LogP contribution is 2.31. The molecule has 0 amide bonds. The third-order valence-corrected chi connectivity index (χ3v) is 7.18. The molecule has 1 fully saturated rings. The van der Waals surface area contributed by atoms with Gasteiger partial charge in [-0.1, -0.05) is 29.3 Å². The molecule has 0 atom stereocenters. The van der Waals surface area contributed by atoms with Crippen LogP contribution in [0.2, 0.25) is 10.0 Å². The van der Waals surface area contributed by atoms with Crippen molar-refractivity contribution in [2.24, 2.45) is 0 Å². The van der Waals surface area contributed by atoms with Crippen molar-refractivity contribution >= 4 is 33.2 Å². The lowest BCUT2D eigenvalue weighted by molar-refractivity contribution is 0.275. The molecular weight excluding hydrogens is 393 g/mol. The van der Waals surface area contributed by atoms with Crippen LogP contribution in [0.1, 0.15) is 17.7 Å². The van der Waals surface area contributed by atoms with E-state index in [9.17, 15) is 8.42 Å². The smallest absolute Gasteiger partial charge is 0.244 e. The molecule has 0 aliphatic carbocycles. The molecule has 1 aromatic carbocycles. The van der Waals surface area contributed by atoms with Crippen LogP contribution in [0.25, 0.3) is 0 Å². The highest BCUT2D eigenvalue weighted by Gasteiger charge is 2.30. The summed E-state index contributed by atoms with van der Waals surface area (Å²) in [6, 6.07) is 8.94. The van der Waals surface area contributed by atoms with E-state index in [-0.39, 0.29) is 9.92 Å². The van der Waals surface area contributed by atoms with Gasteiger partial charge < -0.3 is 0 Å². The molecule has 2 aromatic rings. The van der Waals surface area contributed by atoms with Gasteiger partial charge in [0, 0.05) is 37.4 Å². The molecule has 0 unspecified atom stereocenters. The second-order valence-electron chi connectivity index (χ2n) is 6.39. The van der Waals surface area contributed by atoms with Gasteiger partial charge in [-0.2, -0.15) is 4.31 Å². The zero-order chi connectivity index (χ0) is 18.7. The minimum atomic E-state index is -3.66. The summed E-state index contributed by atoms with van der Waals surface area (Å²) in [6.07, 6.45) is 2.53. The topological polar surface area (TPSA) is 53.5 Å². The summed E-state index contributed by atoms with van der Waals surface area (Å²) in [6.45, 7) is 4.81. The van der Waals surface area contributed by atoms with E-state index < -0.39 is 10.0 Å². The number of benzene rings is 1. The molecule has 1 aliphatic rings. The van der Waals surface area contributed by atoms with E-state index >= 15 is 0 Å². The van der Waals surface area contributed by atoms with E-state index in [0.29, 0.717) is 30.2 Å².